The van der Waals surface area contributed by atoms with Gasteiger partial charge in [-0.1, -0.05) is 0 Å². The molecule has 0 aliphatic heterocycles. The van der Waals surface area contributed by atoms with Crippen LogP contribution in [0.25, 0.3) is 22.5 Å². The Bertz CT molecular complexity index is 808. The molecule has 0 aliphatic carbocycles. The first-order valence-electron chi connectivity index (χ1n) is 6.81. The largest absolute Gasteiger partial charge is 0.309 e. The number of nitrogens with one attached hydrogen (secondary N) is 1. The van der Waals surface area contributed by atoms with Gasteiger partial charge in [0, 0.05) is 35.9 Å². The molecule has 0 saturated heterocycles. The third-order valence-corrected chi connectivity index (χ3v) is 3.33. The van der Waals surface area contributed by atoms with Crippen molar-refractivity contribution < 1.29 is 4.79 Å². The van der Waals surface area contributed by atoms with Gasteiger partial charge in [-0.15, -0.1) is 11.6 Å². The quantitative estimate of drug-likeness (QED) is 0.746. The maximum absolute atomic E-state index is 11.5. The van der Waals surface area contributed by atoms with Crippen LogP contribution in [0, 0.1) is 0 Å². The summed E-state index contributed by atoms with van der Waals surface area (Å²) in [6, 6.07) is 7.36. The van der Waals surface area contributed by atoms with Crippen molar-refractivity contribution in [3.8, 4) is 22.5 Å². The minimum Gasteiger partial charge on any atom is -0.309 e. The lowest BCUT2D eigenvalue weighted by atomic mass is 10.1. The number of halogens is 1. The molecule has 3 aromatic heterocycles. The Morgan fingerprint density at radius 2 is 1.91 bits per heavy atom. The van der Waals surface area contributed by atoms with Crippen molar-refractivity contribution in [1.82, 2.24) is 19.9 Å². The highest BCUT2D eigenvalue weighted by atomic mass is 35.5. The van der Waals surface area contributed by atoms with Crippen molar-refractivity contribution in [2.45, 2.75) is 0 Å². The van der Waals surface area contributed by atoms with E-state index in [1.54, 1.807) is 37.1 Å². The van der Waals surface area contributed by atoms with Crippen LogP contribution in [-0.2, 0) is 4.79 Å². The number of pyridine rings is 2. The van der Waals surface area contributed by atoms with Crippen LogP contribution in [0.4, 0.5) is 5.82 Å². The van der Waals surface area contributed by atoms with E-state index >= 15 is 0 Å². The molecule has 7 heteroatoms. The predicted molar refractivity (Wildman–Crippen MR) is 87.8 cm³/mol. The molecule has 0 aromatic carbocycles. The first-order valence-corrected chi connectivity index (χ1v) is 7.35. The minimum atomic E-state index is -0.317. The van der Waals surface area contributed by atoms with E-state index < -0.39 is 0 Å². The van der Waals surface area contributed by atoms with E-state index in [2.05, 4.69) is 25.3 Å². The van der Waals surface area contributed by atoms with E-state index in [0.29, 0.717) is 11.5 Å². The van der Waals surface area contributed by atoms with Crippen LogP contribution >= 0.6 is 11.6 Å². The van der Waals surface area contributed by atoms with Gasteiger partial charge in [0.15, 0.2) is 0 Å². The molecule has 0 radical (unpaired) electrons. The van der Waals surface area contributed by atoms with Crippen molar-refractivity contribution in [2.75, 3.05) is 11.2 Å². The Labute approximate surface area is 137 Å². The number of carbonyl (C=O) groups is 1. The van der Waals surface area contributed by atoms with Gasteiger partial charge in [-0.2, -0.15) is 0 Å². The molecule has 3 aromatic rings. The number of nitrogens with zero attached hydrogens (tertiary/aromatic N) is 4. The predicted octanol–water partition coefficient (Wildman–Crippen LogP) is 2.78. The summed E-state index contributed by atoms with van der Waals surface area (Å²) >= 11 is 5.52. The van der Waals surface area contributed by atoms with Gasteiger partial charge in [0.25, 0.3) is 0 Å². The highest BCUT2D eigenvalue weighted by Gasteiger charge is 2.10. The zero-order valence-electron chi connectivity index (χ0n) is 12.0. The van der Waals surface area contributed by atoms with E-state index in [0.717, 1.165) is 16.8 Å². The number of amides is 1. The molecule has 1 amide bonds. The Kier molecular flexibility index (Phi) is 4.54. The molecule has 6 nitrogen and oxygen atoms in total. The van der Waals surface area contributed by atoms with Crippen molar-refractivity contribution in [3.63, 3.8) is 0 Å². The van der Waals surface area contributed by atoms with Gasteiger partial charge in [0.05, 0.1) is 17.6 Å². The first-order chi connectivity index (χ1) is 11.3. The summed E-state index contributed by atoms with van der Waals surface area (Å²) in [6.07, 6.45) is 8.23. The number of alkyl halides is 1. The molecule has 3 rings (SSSR count). The smallest absolute Gasteiger partial charge is 0.240 e. The molecular formula is C16H12ClN5O. The van der Waals surface area contributed by atoms with Crippen LogP contribution in [0.3, 0.4) is 0 Å². The average molecular weight is 326 g/mol. The standard InChI is InChI=1S/C16H12ClN5O/c17-8-15(23)22-16-12(2-1-5-20-16)13-4-3-11(9-21-13)14-10-18-6-7-19-14/h1-7,9-10H,8H2,(H,20,22,23). The van der Waals surface area contributed by atoms with E-state index in [1.807, 2.05) is 18.2 Å². The van der Waals surface area contributed by atoms with Gasteiger partial charge in [-0.05, 0) is 24.3 Å². The Morgan fingerprint density at radius 3 is 2.61 bits per heavy atom. The van der Waals surface area contributed by atoms with Crippen LogP contribution in [0.15, 0.2) is 55.2 Å². The summed E-state index contributed by atoms with van der Waals surface area (Å²) in [5, 5.41) is 2.66. The highest BCUT2D eigenvalue weighted by Crippen LogP contribution is 2.25. The Hall–Kier alpha value is -2.86. The fraction of sp³-hybridized carbons (Fsp3) is 0.0625. The molecule has 23 heavy (non-hydrogen) atoms. The number of hydrogen-bond acceptors (Lipinski definition) is 5. The van der Waals surface area contributed by atoms with Gasteiger partial charge >= 0.3 is 0 Å². The highest BCUT2D eigenvalue weighted by molar-refractivity contribution is 6.29. The summed E-state index contributed by atoms with van der Waals surface area (Å²) in [5.74, 6) is -0.0181. The number of carbonyl (C=O) groups excluding carboxylic acids is 1. The van der Waals surface area contributed by atoms with E-state index in [4.69, 9.17) is 11.6 Å². The van der Waals surface area contributed by atoms with Gasteiger partial charge < -0.3 is 5.32 Å². The van der Waals surface area contributed by atoms with Crippen LogP contribution < -0.4 is 5.32 Å². The van der Waals surface area contributed by atoms with Crippen molar-refractivity contribution >= 4 is 23.3 Å². The maximum atomic E-state index is 11.5. The average Bonchev–Trinajstić information content (AvgIpc) is 2.63. The number of rotatable bonds is 4. The molecule has 0 unspecified atom stereocenters. The Morgan fingerprint density at radius 1 is 1.00 bits per heavy atom. The molecule has 3 heterocycles. The number of anilines is 1. The van der Waals surface area contributed by atoms with Crippen molar-refractivity contribution in [1.29, 1.82) is 0 Å². The van der Waals surface area contributed by atoms with E-state index in [1.165, 1.54) is 0 Å². The zero-order valence-corrected chi connectivity index (χ0v) is 12.7. The van der Waals surface area contributed by atoms with Crippen molar-refractivity contribution in [2.24, 2.45) is 0 Å². The molecule has 0 aliphatic rings. The van der Waals surface area contributed by atoms with Gasteiger partial charge in [0.1, 0.15) is 11.7 Å². The Balaban J connectivity index is 1.92. The SMILES string of the molecule is O=C(CCl)Nc1ncccc1-c1ccc(-c2cnccn2)cn1. The van der Waals surface area contributed by atoms with E-state index in [-0.39, 0.29) is 11.8 Å². The molecule has 0 bridgehead atoms. The van der Waals surface area contributed by atoms with Gasteiger partial charge in [0.2, 0.25) is 5.91 Å². The fourth-order valence-electron chi connectivity index (χ4n) is 2.03. The normalized spacial score (nSPS) is 10.3. The lowest BCUT2D eigenvalue weighted by molar-refractivity contribution is -0.113. The number of hydrogen-bond donors (Lipinski definition) is 1. The topological polar surface area (TPSA) is 80.7 Å². The fourth-order valence-corrected chi connectivity index (χ4v) is 2.10. The number of aromatic nitrogens is 4. The second-order valence-electron chi connectivity index (χ2n) is 4.60. The molecule has 0 saturated carbocycles. The summed E-state index contributed by atoms with van der Waals surface area (Å²) in [4.78, 5) is 28.4. The lowest BCUT2D eigenvalue weighted by Gasteiger charge is -2.09. The second-order valence-corrected chi connectivity index (χ2v) is 4.87. The van der Waals surface area contributed by atoms with Gasteiger partial charge in [-0.3, -0.25) is 19.7 Å². The van der Waals surface area contributed by atoms with Gasteiger partial charge in [-0.25, -0.2) is 4.98 Å². The maximum Gasteiger partial charge on any atom is 0.240 e. The monoisotopic (exact) mass is 325 g/mol. The molecule has 114 valence electrons. The molecule has 0 atom stereocenters. The summed E-state index contributed by atoms with van der Waals surface area (Å²) in [5.41, 5.74) is 3.01. The third kappa shape index (κ3) is 3.49. The second kappa shape index (κ2) is 6.93. The van der Waals surface area contributed by atoms with Crippen LogP contribution in [-0.4, -0.2) is 31.7 Å². The van der Waals surface area contributed by atoms with E-state index in [9.17, 15) is 4.79 Å². The summed E-state index contributed by atoms with van der Waals surface area (Å²) < 4.78 is 0. The first kappa shape index (κ1) is 15.1. The molecular weight excluding hydrogens is 314 g/mol. The minimum absolute atomic E-state index is 0.130. The molecule has 0 fully saturated rings. The summed E-state index contributed by atoms with van der Waals surface area (Å²) in [6.45, 7) is 0. The third-order valence-electron chi connectivity index (χ3n) is 3.09. The lowest BCUT2D eigenvalue weighted by Crippen LogP contribution is -2.14. The summed E-state index contributed by atoms with van der Waals surface area (Å²) in [7, 11) is 0. The van der Waals surface area contributed by atoms with Crippen LogP contribution in [0.5, 0.6) is 0 Å². The molecule has 0 spiro atoms. The van der Waals surface area contributed by atoms with Crippen molar-refractivity contribution in [3.05, 3.63) is 55.2 Å². The van der Waals surface area contributed by atoms with Crippen LogP contribution in [0.1, 0.15) is 0 Å². The zero-order chi connectivity index (χ0) is 16.1. The van der Waals surface area contributed by atoms with Crippen LogP contribution in [0.2, 0.25) is 0 Å². The molecule has 1 N–H and O–H groups in total.